The summed E-state index contributed by atoms with van der Waals surface area (Å²) in [6.07, 6.45) is -0.616. The average molecular weight is 455 g/mol. The molecule has 0 spiro atoms. The summed E-state index contributed by atoms with van der Waals surface area (Å²) < 4.78 is 6.98. The zero-order valence-electron chi connectivity index (χ0n) is 15.1. The van der Waals surface area contributed by atoms with Crippen LogP contribution in [0.5, 0.6) is 0 Å². The van der Waals surface area contributed by atoms with Crippen LogP contribution >= 0.6 is 35.3 Å². The van der Waals surface area contributed by atoms with Gasteiger partial charge in [-0.3, -0.25) is 14.5 Å². The molecule has 0 radical (unpaired) electrons. The maximum Gasteiger partial charge on any atom is 0.354 e. The zero-order valence-corrected chi connectivity index (χ0v) is 17.5. The van der Waals surface area contributed by atoms with Crippen molar-refractivity contribution in [1.82, 2.24) is 30.2 Å². The van der Waals surface area contributed by atoms with Crippen molar-refractivity contribution in [2.75, 3.05) is 5.08 Å². The van der Waals surface area contributed by atoms with Crippen LogP contribution < -0.4 is 0 Å². The van der Waals surface area contributed by atoms with Crippen LogP contribution in [-0.2, 0) is 19.1 Å². The molecule has 4 rings (SSSR count). The van der Waals surface area contributed by atoms with Crippen molar-refractivity contribution in [3.8, 4) is 0 Å². The van der Waals surface area contributed by atoms with Crippen LogP contribution in [0.4, 0.5) is 0 Å². The smallest absolute Gasteiger partial charge is 0.354 e. The highest BCUT2D eigenvalue weighted by molar-refractivity contribution is 8.27. The summed E-state index contributed by atoms with van der Waals surface area (Å²) in [5.41, 5.74) is 0.505. The third-order valence-corrected chi connectivity index (χ3v) is 7.96. The number of tetrazole rings is 1. The molecule has 11 nitrogen and oxygen atoms in total. The molecule has 152 valence electrons. The number of esters is 1. The number of carboxylic acids is 1. The minimum absolute atomic E-state index is 0.0224. The van der Waals surface area contributed by atoms with Gasteiger partial charge >= 0.3 is 11.9 Å². The summed E-state index contributed by atoms with van der Waals surface area (Å²) in [6, 6.07) is 3.51. The van der Waals surface area contributed by atoms with Crippen LogP contribution in [-0.4, -0.2) is 69.7 Å². The van der Waals surface area contributed by atoms with E-state index in [-0.39, 0.29) is 17.0 Å². The second-order valence-electron chi connectivity index (χ2n) is 6.10. The van der Waals surface area contributed by atoms with Crippen LogP contribution in [0.2, 0.25) is 0 Å². The molecule has 4 heterocycles. The van der Waals surface area contributed by atoms with Crippen molar-refractivity contribution in [2.45, 2.75) is 30.4 Å². The predicted molar refractivity (Wildman–Crippen MR) is 104 cm³/mol. The Hall–Kier alpha value is -2.32. The number of aliphatic carboxylic acids is 1. The molecule has 1 amide bonds. The molecule has 1 saturated heterocycles. The molecule has 0 unspecified atom stereocenters. The molecule has 29 heavy (non-hydrogen) atoms. The summed E-state index contributed by atoms with van der Waals surface area (Å²) in [5, 5.41) is 25.7. The fourth-order valence-corrected chi connectivity index (χ4v) is 7.11. The molecule has 1 fully saturated rings. The summed E-state index contributed by atoms with van der Waals surface area (Å²) in [4.78, 5) is 36.7. The largest absolute Gasteiger partial charge is 0.477 e. The van der Waals surface area contributed by atoms with E-state index in [1.54, 1.807) is 19.1 Å². The first kappa shape index (κ1) is 20.0. The van der Waals surface area contributed by atoms with Gasteiger partial charge in [-0.15, -0.1) is 26.6 Å². The van der Waals surface area contributed by atoms with Gasteiger partial charge in [0.25, 0.3) is 0 Å². The molecule has 3 atom stereocenters. The van der Waals surface area contributed by atoms with E-state index in [0.29, 0.717) is 20.0 Å². The number of ether oxygens (including phenoxy) is 1. The third kappa shape index (κ3) is 3.67. The Morgan fingerprint density at radius 1 is 1.38 bits per heavy atom. The van der Waals surface area contributed by atoms with Gasteiger partial charge in [-0.05, 0) is 29.5 Å². The number of amides is 1. The van der Waals surface area contributed by atoms with Gasteiger partial charge in [0, 0.05) is 6.92 Å². The second kappa shape index (κ2) is 7.84. The van der Waals surface area contributed by atoms with Gasteiger partial charge in [-0.25, -0.2) is 4.79 Å². The first-order chi connectivity index (χ1) is 13.9. The fraction of sp³-hybridized carbons (Fsp3) is 0.400. The number of aromatic nitrogens is 5. The van der Waals surface area contributed by atoms with Crippen LogP contribution in [0.15, 0.2) is 27.1 Å². The lowest BCUT2D eigenvalue weighted by molar-refractivity contribution is -0.165. The number of fused-ring (bicyclic) bond motifs is 2. The molecular formula is C15H14N6O5S3. The van der Waals surface area contributed by atoms with E-state index in [9.17, 15) is 19.5 Å². The lowest BCUT2D eigenvalue weighted by Crippen LogP contribution is -2.61. The maximum atomic E-state index is 12.5. The molecule has 0 saturated carbocycles. The number of rotatable bonds is 7. The summed E-state index contributed by atoms with van der Waals surface area (Å²) in [7, 11) is 0. The summed E-state index contributed by atoms with van der Waals surface area (Å²) in [6.45, 7) is 2.92. The van der Waals surface area contributed by atoms with E-state index in [0.717, 1.165) is 0 Å². The fourth-order valence-electron chi connectivity index (χ4n) is 3.03. The van der Waals surface area contributed by atoms with E-state index >= 15 is 0 Å². The van der Waals surface area contributed by atoms with Gasteiger partial charge in [-0.1, -0.05) is 23.5 Å². The van der Waals surface area contributed by atoms with E-state index < -0.39 is 24.0 Å². The van der Waals surface area contributed by atoms with Crippen molar-refractivity contribution < 1.29 is 24.2 Å². The van der Waals surface area contributed by atoms with Crippen molar-refractivity contribution in [2.24, 2.45) is 5.92 Å². The minimum Gasteiger partial charge on any atom is -0.477 e. The number of carboxylic acid groups (broad SMARTS) is 1. The zero-order chi connectivity index (χ0) is 20.7. The van der Waals surface area contributed by atoms with Crippen molar-refractivity contribution in [3.63, 3.8) is 0 Å². The Morgan fingerprint density at radius 3 is 2.90 bits per heavy atom. The average Bonchev–Trinajstić information content (AvgIpc) is 3.23. The highest BCUT2D eigenvalue weighted by Gasteiger charge is 2.58. The molecule has 1 N–H and O–H groups in total. The molecule has 0 aromatic carbocycles. The first-order valence-corrected chi connectivity index (χ1v) is 11.2. The second-order valence-corrected chi connectivity index (χ2v) is 9.83. The normalized spacial score (nSPS) is 21.9. The lowest BCUT2D eigenvalue weighted by atomic mass is 9.92. The van der Waals surface area contributed by atoms with Crippen LogP contribution in [0.1, 0.15) is 13.8 Å². The third-order valence-electron chi connectivity index (χ3n) is 4.25. The predicted octanol–water partition coefficient (Wildman–Crippen LogP) is 1.04. The highest BCUT2D eigenvalue weighted by Crippen LogP contribution is 2.54. The van der Waals surface area contributed by atoms with Crippen molar-refractivity contribution >= 4 is 58.8 Å². The monoisotopic (exact) mass is 454 g/mol. The minimum atomic E-state index is -1.16. The van der Waals surface area contributed by atoms with Gasteiger partial charge in [0.1, 0.15) is 22.4 Å². The highest BCUT2D eigenvalue weighted by atomic mass is 32.2. The van der Waals surface area contributed by atoms with Gasteiger partial charge < -0.3 is 9.84 Å². The number of hydrogen-bond donors (Lipinski definition) is 1. The Bertz CT molecular complexity index is 1040. The molecule has 2 aliphatic rings. The number of β-lactam (4-membered cyclic amide) rings is 1. The lowest BCUT2D eigenvalue weighted by Gasteiger charge is -2.44. The van der Waals surface area contributed by atoms with E-state index in [2.05, 4.69) is 20.6 Å². The number of hydrogen-bond acceptors (Lipinski definition) is 11. The molecular weight excluding hydrogens is 440 g/mol. The van der Waals surface area contributed by atoms with Gasteiger partial charge in [0.15, 0.2) is 11.3 Å². The molecule has 2 aromatic heterocycles. The molecule has 2 aliphatic heterocycles. The Kier molecular flexibility index (Phi) is 5.40. The summed E-state index contributed by atoms with van der Waals surface area (Å²) >= 11 is 4.03. The first-order valence-electron chi connectivity index (χ1n) is 8.32. The quantitative estimate of drug-likeness (QED) is 0.276. The molecule has 2 aromatic rings. The van der Waals surface area contributed by atoms with Crippen LogP contribution in [0.25, 0.3) is 5.65 Å². The van der Waals surface area contributed by atoms with Gasteiger partial charge in [0.2, 0.25) is 5.91 Å². The summed E-state index contributed by atoms with van der Waals surface area (Å²) in [5.74, 6) is -2.54. The SMILES string of the molecule is CC(=O)O[C@H](C)[C@H]1C(=O)N2C(C(=O)O)=C(SCSc3ccc4nnnn4n3)S[C@H]12. The Morgan fingerprint density at radius 2 is 2.17 bits per heavy atom. The van der Waals surface area contributed by atoms with E-state index in [1.165, 1.54) is 51.7 Å². The topological polar surface area (TPSA) is 140 Å². The number of carbonyl (C=O) groups is 3. The van der Waals surface area contributed by atoms with Crippen LogP contribution in [0.3, 0.4) is 0 Å². The van der Waals surface area contributed by atoms with E-state index in [4.69, 9.17) is 4.74 Å². The standard InChI is InChI=1S/C15H14N6O5S3/c1-6(26-7(2)22)10-12(23)20-11(14(24)25)15(29-13(10)20)28-5-27-9-4-3-8-16-18-19-21(8)17-9/h3-4,6,10,13H,5H2,1-2H3,(H,24,25)/t6-,10+,13-/m1/s1. The number of thioether (sulfide) groups is 3. The van der Waals surface area contributed by atoms with Gasteiger partial charge in [0.05, 0.1) is 9.32 Å². The van der Waals surface area contributed by atoms with Gasteiger partial charge in [-0.2, -0.15) is 0 Å². The number of carbonyl (C=O) groups excluding carboxylic acids is 2. The van der Waals surface area contributed by atoms with Crippen molar-refractivity contribution in [1.29, 1.82) is 0 Å². The van der Waals surface area contributed by atoms with E-state index in [1.807, 2.05) is 0 Å². The molecule has 0 bridgehead atoms. The Balaban J connectivity index is 1.43. The molecule has 14 heteroatoms. The van der Waals surface area contributed by atoms with Crippen molar-refractivity contribution in [3.05, 3.63) is 22.1 Å². The molecule has 0 aliphatic carbocycles. The number of nitrogens with zero attached hydrogens (tertiary/aromatic N) is 6. The maximum absolute atomic E-state index is 12.5. The van der Waals surface area contributed by atoms with Crippen LogP contribution in [0, 0.1) is 5.92 Å². The Labute approximate surface area is 176 Å².